The van der Waals surface area contributed by atoms with Crippen LogP contribution in [-0.2, 0) is 16.6 Å². The van der Waals surface area contributed by atoms with Crippen LogP contribution in [-0.4, -0.2) is 25.5 Å². The molecule has 7 nitrogen and oxygen atoms in total. The van der Waals surface area contributed by atoms with Gasteiger partial charge in [0.2, 0.25) is 0 Å². The highest BCUT2D eigenvalue weighted by molar-refractivity contribution is 7.94. The molecule has 0 aliphatic carbocycles. The molecule has 0 atom stereocenters. The third-order valence-electron chi connectivity index (χ3n) is 4.20. The van der Waals surface area contributed by atoms with Gasteiger partial charge in [0, 0.05) is 12.1 Å². The standard InChI is InChI=1S/C20H18N4O3S2/c1-27-17-10-5-2-7-14(17)13-21-19-20(23-16-9-4-3-8-15(16)22-19)24-29(25,26)18-11-6-12-28-18/h2-12H,13H2,1H3,(H,21,22)(H,23,24). The lowest BCUT2D eigenvalue weighted by molar-refractivity contribution is 0.410. The molecule has 2 aromatic heterocycles. The van der Waals surface area contributed by atoms with E-state index in [2.05, 4.69) is 20.0 Å². The monoisotopic (exact) mass is 426 g/mol. The van der Waals surface area contributed by atoms with E-state index in [4.69, 9.17) is 4.74 Å². The largest absolute Gasteiger partial charge is 0.496 e. The molecule has 2 aromatic carbocycles. The van der Waals surface area contributed by atoms with E-state index in [1.165, 1.54) is 0 Å². The molecule has 0 aliphatic heterocycles. The van der Waals surface area contributed by atoms with Gasteiger partial charge in [-0.15, -0.1) is 11.3 Å². The van der Waals surface area contributed by atoms with Gasteiger partial charge in [-0.25, -0.2) is 18.4 Å². The minimum Gasteiger partial charge on any atom is -0.496 e. The van der Waals surface area contributed by atoms with Gasteiger partial charge in [-0.2, -0.15) is 0 Å². The topological polar surface area (TPSA) is 93.2 Å². The van der Waals surface area contributed by atoms with Crippen LogP contribution in [0.25, 0.3) is 11.0 Å². The summed E-state index contributed by atoms with van der Waals surface area (Å²) in [7, 11) is -2.15. The third kappa shape index (κ3) is 4.15. The van der Waals surface area contributed by atoms with Crippen LogP contribution in [0, 0.1) is 0 Å². The highest BCUT2D eigenvalue weighted by atomic mass is 32.2. The molecular weight excluding hydrogens is 408 g/mol. The van der Waals surface area contributed by atoms with Gasteiger partial charge in [0.25, 0.3) is 10.0 Å². The van der Waals surface area contributed by atoms with Crippen LogP contribution in [0.4, 0.5) is 11.6 Å². The number of nitrogens with one attached hydrogen (secondary N) is 2. The maximum absolute atomic E-state index is 12.7. The molecule has 0 bridgehead atoms. The zero-order valence-electron chi connectivity index (χ0n) is 15.5. The number of nitrogens with zero attached hydrogens (tertiary/aromatic N) is 2. The number of ether oxygens (including phenoxy) is 1. The molecule has 148 valence electrons. The van der Waals surface area contributed by atoms with Gasteiger partial charge >= 0.3 is 0 Å². The van der Waals surface area contributed by atoms with E-state index >= 15 is 0 Å². The Bertz CT molecular complexity index is 1240. The Hall–Kier alpha value is -3.17. The Labute approximate surface area is 172 Å². The number of aromatic nitrogens is 2. The molecule has 4 rings (SSSR count). The number of hydrogen-bond donors (Lipinski definition) is 2. The van der Waals surface area contributed by atoms with Gasteiger partial charge in [-0.05, 0) is 29.6 Å². The summed E-state index contributed by atoms with van der Waals surface area (Å²) in [6.45, 7) is 0.394. The van der Waals surface area contributed by atoms with Gasteiger partial charge in [-0.3, -0.25) is 4.72 Å². The van der Waals surface area contributed by atoms with Crippen LogP contribution in [0.2, 0.25) is 0 Å². The average Bonchev–Trinajstić information content (AvgIpc) is 3.28. The summed E-state index contributed by atoms with van der Waals surface area (Å²) in [5, 5.41) is 4.90. The predicted molar refractivity (Wildman–Crippen MR) is 115 cm³/mol. The molecular formula is C20H18N4O3S2. The van der Waals surface area contributed by atoms with Crippen molar-refractivity contribution in [3.63, 3.8) is 0 Å². The first-order valence-corrected chi connectivity index (χ1v) is 11.1. The van der Waals surface area contributed by atoms with E-state index in [1.807, 2.05) is 42.5 Å². The molecule has 2 N–H and O–H groups in total. The first-order chi connectivity index (χ1) is 14.1. The van der Waals surface area contributed by atoms with Crippen molar-refractivity contribution in [2.45, 2.75) is 10.8 Å². The summed E-state index contributed by atoms with van der Waals surface area (Å²) in [4.78, 5) is 9.06. The fourth-order valence-electron chi connectivity index (χ4n) is 2.82. The zero-order valence-corrected chi connectivity index (χ0v) is 17.1. The average molecular weight is 427 g/mol. The van der Waals surface area contributed by atoms with Gasteiger partial charge in [-0.1, -0.05) is 36.4 Å². The second kappa shape index (κ2) is 8.06. The molecule has 0 unspecified atom stereocenters. The Morgan fingerprint density at radius 3 is 2.31 bits per heavy atom. The van der Waals surface area contributed by atoms with Crippen molar-refractivity contribution < 1.29 is 13.2 Å². The number of sulfonamides is 1. The normalized spacial score (nSPS) is 11.3. The van der Waals surface area contributed by atoms with E-state index in [0.29, 0.717) is 23.4 Å². The Kier molecular flexibility index (Phi) is 5.32. The first-order valence-electron chi connectivity index (χ1n) is 8.76. The van der Waals surface area contributed by atoms with Gasteiger partial charge in [0.15, 0.2) is 11.6 Å². The van der Waals surface area contributed by atoms with Gasteiger partial charge in [0.1, 0.15) is 9.96 Å². The highest BCUT2D eigenvalue weighted by Gasteiger charge is 2.19. The van der Waals surface area contributed by atoms with E-state index in [-0.39, 0.29) is 10.0 Å². The van der Waals surface area contributed by atoms with E-state index in [9.17, 15) is 8.42 Å². The first kappa shape index (κ1) is 19.2. The molecule has 4 aromatic rings. The van der Waals surface area contributed by atoms with Crippen molar-refractivity contribution in [3.8, 4) is 5.75 Å². The maximum Gasteiger partial charge on any atom is 0.272 e. The van der Waals surface area contributed by atoms with Crippen LogP contribution in [0.1, 0.15) is 5.56 Å². The van der Waals surface area contributed by atoms with Gasteiger partial charge in [0.05, 0.1) is 18.1 Å². The van der Waals surface area contributed by atoms with Crippen molar-refractivity contribution in [1.29, 1.82) is 0 Å². The van der Waals surface area contributed by atoms with Crippen LogP contribution in [0.15, 0.2) is 70.3 Å². The molecule has 29 heavy (non-hydrogen) atoms. The molecule has 0 saturated carbocycles. The summed E-state index contributed by atoms with van der Waals surface area (Å²) >= 11 is 1.14. The van der Waals surface area contributed by atoms with Crippen molar-refractivity contribution in [3.05, 3.63) is 71.6 Å². The summed E-state index contributed by atoms with van der Waals surface area (Å²) in [5.41, 5.74) is 2.17. The van der Waals surface area contributed by atoms with E-state index < -0.39 is 10.0 Å². The molecule has 0 fully saturated rings. The number of benzene rings is 2. The smallest absolute Gasteiger partial charge is 0.272 e. The van der Waals surface area contributed by atoms with Gasteiger partial charge < -0.3 is 10.1 Å². The number of rotatable bonds is 7. The minimum absolute atomic E-state index is 0.145. The van der Waals surface area contributed by atoms with E-state index in [0.717, 1.165) is 22.6 Å². The summed E-state index contributed by atoms with van der Waals surface area (Å²) in [6, 6.07) is 18.1. The lowest BCUT2D eigenvalue weighted by atomic mass is 10.2. The molecule has 0 amide bonds. The lowest BCUT2D eigenvalue weighted by Crippen LogP contribution is -2.16. The van der Waals surface area contributed by atoms with Crippen molar-refractivity contribution in [2.75, 3.05) is 17.1 Å². The van der Waals surface area contributed by atoms with E-state index in [1.54, 1.807) is 30.7 Å². The fraction of sp³-hybridized carbons (Fsp3) is 0.100. The van der Waals surface area contributed by atoms with Crippen molar-refractivity contribution >= 4 is 44.0 Å². The zero-order chi connectivity index (χ0) is 20.3. The third-order valence-corrected chi connectivity index (χ3v) is 6.94. The van der Waals surface area contributed by atoms with Crippen molar-refractivity contribution in [1.82, 2.24) is 9.97 Å². The lowest BCUT2D eigenvalue weighted by Gasteiger charge is -2.14. The Morgan fingerprint density at radius 1 is 0.931 bits per heavy atom. The van der Waals surface area contributed by atoms with Crippen LogP contribution in [0.5, 0.6) is 5.75 Å². The second-order valence-electron chi connectivity index (χ2n) is 6.11. The number of hydrogen-bond acceptors (Lipinski definition) is 7. The van der Waals surface area contributed by atoms with Crippen LogP contribution < -0.4 is 14.8 Å². The Morgan fingerprint density at radius 2 is 1.62 bits per heavy atom. The minimum atomic E-state index is -3.76. The SMILES string of the molecule is COc1ccccc1CNc1nc2ccccc2nc1NS(=O)(=O)c1cccs1. The molecule has 0 saturated heterocycles. The number of thiophene rings is 1. The fourth-order valence-corrected chi connectivity index (χ4v) is 4.82. The summed E-state index contributed by atoms with van der Waals surface area (Å²) in [6.07, 6.45) is 0. The predicted octanol–water partition coefficient (Wildman–Crippen LogP) is 4.11. The quantitative estimate of drug-likeness (QED) is 0.462. The second-order valence-corrected chi connectivity index (χ2v) is 8.97. The Balaban J connectivity index is 1.70. The van der Waals surface area contributed by atoms with Crippen molar-refractivity contribution in [2.24, 2.45) is 0 Å². The number of anilines is 2. The summed E-state index contributed by atoms with van der Waals surface area (Å²) < 4.78 is 33.6. The highest BCUT2D eigenvalue weighted by Crippen LogP contribution is 2.27. The number of para-hydroxylation sites is 3. The summed E-state index contributed by atoms with van der Waals surface area (Å²) in [5.74, 6) is 1.22. The maximum atomic E-state index is 12.7. The number of methoxy groups -OCH3 is 1. The van der Waals surface area contributed by atoms with Crippen LogP contribution >= 0.6 is 11.3 Å². The number of fused-ring (bicyclic) bond motifs is 1. The molecule has 0 spiro atoms. The molecule has 0 radical (unpaired) electrons. The molecule has 2 heterocycles. The van der Waals surface area contributed by atoms with Crippen LogP contribution in [0.3, 0.4) is 0 Å². The molecule has 0 aliphatic rings. The molecule has 9 heteroatoms.